The van der Waals surface area contributed by atoms with E-state index in [2.05, 4.69) is 29.8 Å². The Morgan fingerprint density at radius 1 is 1.38 bits per heavy atom. The average molecular weight is 292 g/mol. The maximum atomic E-state index is 12.0. The SMILES string of the molecule is CC1CCN(C(=O)OC(C)(C)C)C(C)C1Br. The predicted molar refractivity (Wildman–Crippen MR) is 68.9 cm³/mol. The number of piperidine rings is 1. The van der Waals surface area contributed by atoms with Crippen molar-refractivity contribution in [2.75, 3.05) is 6.54 Å². The van der Waals surface area contributed by atoms with E-state index in [1.54, 1.807) is 0 Å². The minimum absolute atomic E-state index is 0.193. The van der Waals surface area contributed by atoms with Crippen molar-refractivity contribution in [1.82, 2.24) is 4.90 Å². The highest BCUT2D eigenvalue weighted by atomic mass is 79.9. The summed E-state index contributed by atoms with van der Waals surface area (Å²) in [6, 6.07) is 0.193. The third-order valence-corrected chi connectivity index (χ3v) is 4.62. The van der Waals surface area contributed by atoms with E-state index < -0.39 is 5.60 Å². The molecule has 0 aromatic heterocycles. The number of halogens is 1. The lowest BCUT2D eigenvalue weighted by molar-refractivity contribution is 0.00958. The molecule has 1 aliphatic heterocycles. The number of carbonyl (C=O) groups is 1. The molecule has 0 aliphatic carbocycles. The molecule has 3 unspecified atom stereocenters. The Hall–Kier alpha value is -0.250. The van der Waals surface area contributed by atoms with Crippen LogP contribution in [0.4, 0.5) is 4.79 Å². The molecule has 0 aromatic carbocycles. The van der Waals surface area contributed by atoms with Gasteiger partial charge in [-0.2, -0.15) is 0 Å². The Kier molecular flexibility index (Phi) is 4.27. The maximum Gasteiger partial charge on any atom is 0.410 e. The van der Waals surface area contributed by atoms with Crippen molar-refractivity contribution in [1.29, 1.82) is 0 Å². The van der Waals surface area contributed by atoms with Crippen molar-refractivity contribution in [3.05, 3.63) is 0 Å². The quantitative estimate of drug-likeness (QED) is 0.640. The van der Waals surface area contributed by atoms with Crippen LogP contribution in [0.25, 0.3) is 0 Å². The molecular weight excluding hydrogens is 270 g/mol. The van der Waals surface area contributed by atoms with Crippen molar-refractivity contribution < 1.29 is 9.53 Å². The Bertz CT molecular complexity index is 262. The molecule has 0 spiro atoms. The van der Waals surface area contributed by atoms with Crippen molar-refractivity contribution >= 4 is 22.0 Å². The van der Waals surface area contributed by atoms with E-state index in [-0.39, 0.29) is 12.1 Å². The summed E-state index contributed by atoms with van der Waals surface area (Å²) in [6.45, 7) is 10.8. The summed E-state index contributed by atoms with van der Waals surface area (Å²) in [6.07, 6.45) is 0.829. The predicted octanol–water partition coefficient (Wildman–Crippen LogP) is 3.42. The Morgan fingerprint density at radius 2 is 1.94 bits per heavy atom. The fourth-order valence-electron chi connectivity index (χ4n) is 1.93. The summed E-state index contributed by atoms with van der Waals surface area (Å²) < 4.78 is 5.40. The fourth-order valence-corrected chi connectivity index (χ4v) is 2.48. The highest BCUT2D eigenvalue weighted by Gasteiger charge is 2.35. The van der Waals surface area contributed by atoms with Gasteiger partial charge in [-0.25, -0.2) is 4.79 Å². The number of carbonyl (C=O) groups excluding carboxylic acids is 1. The third kappa shape index (κ3) is 3.37. The van der Waals surface area contributed by atoms with Gasteiger partial charge in [-0.3, -0.25) is 0 Å². The number of nitrogens with zero attached hydrogens (tertiary/aromatic N) is 1. The molecule has 94 valence electrons. The van der Waals surface area contributed by atoms with Crippen molar-refractivity contribution in [2.24, 2.45) is 5.92 Å². The van der Waals surface area contributed by atoms with Gasteiger partial charge in [0, 0.05) is 17.4 Å². The van der Waals surface area contributed by atoms with E-state index in [1.165, 1.54) is 0 Å². The van der Waals surface area contributed by atoms with Gasteiger partial charge < -0.3 is 9.64 Å². The number of likely N-dealkylation sites (tertiary alicyclic amines) is 1. The molecule has 1 fully saturated rings. The molecule has 1 aliphatic rings. The van der Waals surface area contributed by atoms with Crippen LogP contribution in [0.2, 0.25) is 0 Å². The highest BCUT2D eigenvalue weighted by Crippen LogP contribution is 2.29. The van der Waals surface area contributed by atoms with Crippen molar-refractivity contribution in [2.45, 2.75) is 57.5 Å². The molecule has 3 nitrogen and oxygen atoms in total. The van der Waals surface area contributed by atoms with Crippen LogP contribution in [-0.2, 0) is 4.74 Å². The van der Waals surface area contributed by atoms with E-state index in [0.717, 1.165) is 13.0 Å². The maximum absolute atomic E-state index is 12.0. The van der Waals surface area contributed by atoms with Gasteiger partial charge in [0.1, 0.15) is 5.60 Å². The highest BCUT2D eigenvalue weighted by molar-refractivity contribution is 9.09. The average Bonchev–Trinajstić information content (AvgIpc) is 2.11. The number of rotatable bonds is 0. The van der Waals surface area contributed by atoms with Gasteiger partial charge in [0.25, 0.3) is 0 Å². The van der Waals surface area contributed by atoms with Gasteiger partial charge in [-0.1, -0.05) is 22.9 Å². The molecule has 16 heavy (non-hydrogen) atoms. The van der Waals surface area contributed by atoms with Crippen LogP contribution in [-0.4, -0.2) is 34.0 Å². The summed E-state index contributed by atoms with van der Waals surface area (Å²) in [5, 5.41) is 0. The first-order valence-corrected chi connectivity index (χ1v) is 6.77. The van der Waals surface area contributed by atoms with E-state index in [4.69, 9.17) is 4.74 Å². The first-order valence-electron chi connectivity index (χ1n) is 5.86. The van der Waals surface area contributed by atoms with Gasteiger partial charge in [0.2, 0.25) is 0 Å². The molecule has 1 amide bonds. The van der Waals surface area contributed by atoms with Crippen LogP contribution in [0.5, 0.6) is 0 Å². The molecule has 0 radical (unpaired) electrons. The van der Waals surface area contributed by atoms with Crippen molar-refractivity contribution in [3.8, 4) is 0 Å². The van der Waals surface area contributed by atoms with Crippen LogP contribution in [0.15, 0.2) is 0 Å². The van der Waals surface area contributed by atoms with E-state index in [1.807, 2.05) is 25.7 Å². The monoisotopic (exact) mass is 291 g/mol. The molecule has 0 N–H and O–H groups in total. The van der Waals surface area contributed by atoms with Gasteiger partial charge in [0.15, 0.2) is 0 Å². The zero-order chi connectivity index (χ0) is 12.5. The van der Waals surface area contributed by atoms with Crippen LogP contribution < -0.4 is 0 Å². The Labute approximate surface area is 107 Å². The zero-order valence-corrected chi connectivity index (χ0v) is 12.4. The summed E-state index contributed by atoms with van der Waals surface area (Å²) in [7, 11) is 0. The number of hydrogen-bond donors (Lipinski definition) is 0. The second kappa shape index (κ2) is 4.94. The lowest BCUT2D eigenvalue weighted by Gasteiger charge is -2.40. The van der Waals surface area contributed by atoms with Crippen LogP contribution in [0.3, 0.4) is 0 Å². The van der Waals surface area contributed by atoms with Crippen LogP contribution >= 0.6 is 15.9 Å². The second-order valence-electron chi connectivity index (χ2n) is 5.62. The number of alkyl halides is 1. The van der Waals surface area contributed by atoms with Gasteiger partial charge in [0.05, 0.1) is 0 Å². The smallest absolute Gasteiger partial charge is 0.410 e. The lowest BCUT2D eigenvalue weighted by atomic mass is 9.93. The molecule has 1 heterocycles. The van der Waals surface area contributed by atoms with Gasteiger partial charge in [-0.15, -0.1) is 0 Å². The minimum Gasteiger partial charge on any atom is -0.444 e. The minimum atomic E-state index is -0.415. The molecule has 0 bridgehead atoms. The van der Waals surface area contributed by atoms with E-state index in [0.29, 0.717) is 10.7 Å². The van der Waals surface area contributed by atoms with Crippen LogP contribution in [0, 0.1) is 5.92 Å². The number of ether oxygens (including phenoxy) is 1. The molecule has 0 saturated carbocycles. The summed E-state index contributed by atoms with van der Waals surface area (Å²) in [5.41, 5.74) is -0.415. The second-order valence-corrected chi connectivity index (χ2v) is 6.68. The topological polar surface area (TPSA) is 29.5 Å². The number of amides is 1. The molecule has 0 aromatic rings. The van der Waals surface area contributed by atoms with E-state index >= 15 is 0 Å². The van der Waals surface area contributed by atoms with Gasteiger partial charge in [-0.05, 0) is 40.0 Å². The first kappa shape index (κ1) is 13.8. The fraction of sp³-hybridized carbons (Fsp3) is 0.917. The largest absolute Gasteiger partial charge is 0.444 e. The molecule has 3 atom stereocenters. The zero-order valence-electron chi connectivity index (χ0n) is 10.8. The van der Waals surface area contributed by atoms with E-state index in [9.17, 15) is 4.79 Å². The van der Waals surface area contributed by atoms with Crippen molar-refractivity contribution in [3.63, 3.8) is 0 Å². The molecule has 1 rings (SSSR count). The van der Waals surface area contributed by atoms with Crippen LogP contribution in [0.1, 0.15) is 41.0 Å². The summed E-state index contributed by atoms with van der Waals surface area (Å²) in [4.78, 5) is 14.1. The Balaban J connectivity index is 2.64. The Morgan fingerprint density at radius 3 is 2.44 bits per heavy atom. The lowest BCUT2D eigenvalue weighted by Crippen LogP contribution is -2.51. The first-order chi connectivity index (χ1) is 7.22. The third-order valence-electron chi connectivity index (χ3n) is 2.95. The summed E-state index contributed by atoms with van der Waals surface area (Å²) in [5.74, 6) is 0.605. The normalized spacial score (nSPS) is 31.4. The molecular formula is C12H22BrNO2. The number of hydrogen-bond acceptors (Lipinski definition) is 2. The summed E-state index contributed by atoms with van der Waals surface area (Å²) >= 11 is 3.66. The van der Waals surface area contributed by atoms with Gasteiger partial charge >= 0.3 is 6.09 Å². The standard InChI is InChI=1S/C12H22BrNO2/c1-8-6-7-14(9(2)10(8)13)11(15)16-12(3,4)5/h8-10H,6-7H2,1-5H3. The molecule has 1 saturated heterocycles. The molecule has 4 heteroatoms.